The lowest BCUT2D eigenvalue weighted by Crippen LogP contribution is -2.47. The van der Waals surface area contributed by atoms with Crippen LogP contribution in [0, 0.1) is 11.3 Å². The van der Waals surface area contributed by atoms with Crippen molar-refractivity contribution in [2.24, 2.45) is 0 Å². The zero-order valence-electron chi connectivity index (χ0n) is 16.4. The Kier molecular flexibility index (Phi) is 5.95. The SMILES string of the molecule is CN(C(=O)[C@@H](O)CC#N)[C@@H]1c2ccccc2C[C@H]1NC(=O)c1cc2sc(Cl)c(Cl)c2[nH]1. The Morgan fingerprint density at radius 2 is 2.16 bits per heavy atom. The van der Waals surface area contributed by atoms with Crippen molar-refractivity contribution >= 4 is 56.6 Å². The van der Waals surface area contributed by atoms with E-state index in [1.165, 1.54) is 16.2 Å². The minimum atomic E-state index is -1.42. The van der Waals surface area contributed by atoms with Crippen LogP contribution in [0.4, 0.5) is 0 Å². The molecule has 3 atom stereocenters. The number of nitrogens with zero attached hydrogens (tertiary/aromatic N) is 2. The molecule has 1 aliphatic carbocycles. The van der Waals surface area contributed by atoms with Crippen molar-refractivity contribution in [3.05, 3.63) is 56.5 Å². The van der Waals surface area contributed by atoms with Gasteiger partial charge in [0.25, 0.3) is 11.8 Å². The third kappa shape index (κ3) is 3.90. The van der Waals surface area contributed by atoms with E-state index in [0.717, 1.165) is 15.8 Å². The number of halogens is 2. The molecule has 0 unspecified atom stereocenters. The molecule has 160 valence electrons. The maximum absolute atomic E-state index is 13.0. The zero-order chi connectivity index (χ0) is 22.3. The number of carbonyl (C=O) groups excluding carboxylic acids is 2. The molecule has 2 aromatic heterocycles. The van der Waals surface area contributed by atoms with E-state index in [1.807, 2.05) is 24.3 Å². The second-order valence-electron chi connectivity index (χ2n) is 7.37. The zero-order valence-corrected chi connectivity index (χ0v) is 18.7. The largest absolute Gasteiger partial charge is 0.382 e. The third-order valence-corrected chi connectivity index (χ3v) is 7.40. The summed E-state index contributed by atoms with van der Waals surface area (Å²) in [5, 5.41) is 22.2. The number of likely N-dealkylation sites (N-methyl/N-ethyl adjacent to an activating group) is 1. The van der Waals surface area contributed by atoms with Crippen LogP contribution in [0.15, 0.2) is 30.3 Å². The molecule has 3 N–H and O–H groups in total. The molecule has 4 rings (SSSR count). The Hall–Kier alpha value is -2.57. The third-order valence-electron chi connectivity index (χ3n) is 5.46. The van der Waals surface area contributed by atoms with E-state index in [-0.39, 0.29) is 12.3 Å². The number of amides is 2. The number of fused-ring (bicyclic) bond motifs is 2. The monoisotopic (exact) mass is 476 g/mol. The van der Waals surface area contributed by atoms with Crippen LogP contribution in [0.5, 0.6) is 0 Å². The molecule has 1 aliphatic rings. The molecular formula is C21H18Cl2N4O3S. The quantitative estimate of drug-likeness (QED) is 0.521. The average Bonchev–Trinajstić information content (AvgIpc) is 3.40. The van der Waals surface area contributed by atoms with E-state index in [2.05, 4.69) is 10.3 Å². The summed E-state index contributed by atoms with van der Waals surface area (Å²) >= 11 is 13.5. The lowest BCUT2D eigenvalue weighted by atomic mass is 10.0. The van der Waals surface area contributed by atoms with E-state index >= 15 is 0 Å². The Bertz CT molecular complexity index is 1220. The number of aliphatic hydroxyl groups is 1. The van der Waals surface area contributed by atoms with Gasteiger partial charge >= 0.3 is 0 Å². The van der Waals surface area contributed by atoms with Crippen LogP contribution in [-0.4, -0.2) is 46.0 Å². The highest BCUT2D eigenvalue weighted by Crippen LogP contribution is 2.39. The molecule has 0 spiro atoms. The number of rotatable bonds is 5. The summed E-state index contributed by atoms with van der Waals surface area (Å²) < 4.78 is 1.23. The van der Waals surface area contributed by atoms with Crippen LogP contribution in [0.3, 0.4) is 0 Å². The first-order chi connectivity index (χ1) is 14.8. The number of aliphatic hydroxyl groups excluding tert-OH is 1. The number of benzene rings is 1. The molecule has 0 saturated carbocycles. The van der Waals surface area contributed by atoms with Gasteiger partial charge in [-0.15, -0.1) is 11.3 Å². The van der Waals surface area contributed by atoms with Gasteiger partial charge in [-0.05, 0) is 23.6 Å². The highest BCUT2D eigenvalue weighted by Gasteiger charge is 2.39. The molecule has 2 amide bonds. The van der Waals surface area contributed by atoms with Crippen molar-refractivity contribution in [2.75, 3.05) is 7.05 Å². The van der Waals surface area contributed by atoms with Gasteiger partial charge in [-0.2, -0.15) is 5.26 Å². The van der Waals surface area contributed by atoms with Gasteiger partial charge < -0.3 is 20.3 Å². The minimum absolute atomic E-state index is 0.295. The van der Waals surface area contributed by atoms with E-state index in [4.69, 9.17) is 28.5 Å². The summed E-state index contributed by atoms with van der Waals surface area (Å²) in [7, 11) is 1.57. The Morgan fingerprint density at radius 1 is 1.42 bits per heavy atom. The van der Waals surface area contributed by atoms with Crippen LogP contribution >= 0.6 is 34.5 Å². The molecule has 0 aliphatic heterocycles. The average molecular weight is 477 g/mol. The number of nitrogens with one attached hydrogen (secondary N) is 2. The molecule has 2 heterocycles. The van der Waals surface area contributed by atoms with Crippen LogP contribution in [-0.2, 0) is 11.2 Å². The lowest BCUT2D eigenvalue weighted by Gasteiger charge is -2.32. The van der Waals surface area contributed by atoms with Gasteiger partial charge in [-0.3, -0.25) is 9.59 Å². The maximum Gasteiger partial charge on any atom is 0.268 e. The highest BCUT2D eigenvalue weighted by molar-refractivity contribution is 7.23. The number of aromatic amines is 1. The second kappa shape index (κ2) is 8.52. The fourth-order valence-electron chi connectivity index (χ4n) is 4.02. The minimum Gasteiger partial charge on any atom is -0.382 e. The van der Waals surface area contributed by atoms with E-state index in [0.29, 0.717) is 27.0 Å². The van der Waals surface area contributed by atoms with Gasteiger partial charge in [0.15, 0.2) is 0 Å². The van der Waals surface area contributed by atoms with Gasteiger partial charge in [-0.25, -0.2) is 0 Å². The number of aromatic nitrogens is 1. The van der Waals surface area contributed by atoms with E-state index in [1.54, 1.807) is 19.2 Å². The number of thiophene rings is 1. The molecule has 10 heteroatoms. The Balaban J connectivity index is 1.60. The summed E-state index contributed by atoms with van der Waals surface area (Å²) in [6.07, 6.45) is -1.18. The fraction of sp³-hybridized carbons (Fsp3) is 0.286. The molecule has 1 aromatic carbocycles. The van der Waals surface area contributed by atoms with Gasteiger partial charge in [-0.1, -0.05) is 47.5 Å². The van der Waals surface area contributed by atoms with Gasteiger partial charge in [0.2, 0.25) is 0 Å². The maximum atomic E-state index is 13.0. The van der Waals surface area contributed by atoms with Crippen molar-refractivity contribution in [3.8, 4) is 6.07 Å². The highest BCUT2D eigenvalue weighted by atomic mass is 35.5. The van der Waals surface area contributed by atoms with E-state index < -0.39 is 24.1 Å². The van der Waals surface area contributed by atoms with Crippen LogP contribution in [0.1, 0.15) is 34.1 Å². The number of hydrogen-bond donors (Lipinski definition) is 3. The molecule has 0 saturated heterocycles. The molecular weight excluding hydrogens is 459 g/mol. The first-order valence-corrected chi connectivity index (χ1v) is 11.1. The molecule has 0 bridgehead atoms. The number of nitriles is 1. The normalized spacial score (nSPS) is 18.4. The Labute approximate surface area is 192 Å². The smallest absolute Gasteiger partial charge is 0.268 e. The van der Waals surface area contributed by atoms with Crippen molar-refractivity contribution in [2.45, 2.75) is 31.0 Å². The van der Waals surface area contributed by atoms with Crippen LogP contribution < -0.4 is 5.32 Å². The summed E-state index contributed by atoms with van der Waals surface area (Å²) in [4.78, 5) is 30.1. The van der Waals surface area contributed by atoms with Crippen molar-refractivity contribution in [1.29, 1.82) is 5.26 Å². The van der Waals surface area contributed by atoms with Gasteiger partial charge in [0.1, 0.15) is 16.1 Å². The summed E-state index contributed by atoms with van der Waals surface area (Å²) in [5.41, 5.74) is 2.86. The summed E-state index contributed by atoms with van der Waals surface area (Å²) in [6, 6.07) is 10.2. The topological polar surface area (TPSA) is 109 Å². The van der Waals surface area contributed by atoms with Gasteiger partial charge in [0.05, 0.1) is 39.8 Å². The predicted molar refractivity (Wildman–Crippen MR) is 119 cm³/mol. The van der Waals surface area contributed by atoms with Crippen LogP contribution in [0.2, 0.25) is 9.36 Å². The molecule has 7 nitrogen and oxygen atoms in total. The van der Waals surface area contributed by atoms with Crippen molar-refractivity contribution < 1.29 is 14.7 Å². The molecule has 3 aromatic rings. The Morgan fingerprint density at radius 3 is 2.87 bits per heavy atom. The van der Waals surface area contributed by atoms with Gasteiger partial charge in [0, 0.05) is 7.05 Å². The predicted octanol–water partition coefficient (Wildman–Crippen LogP) is 3.66. The first kappa shape index (κ1) is 21.7. The molecule has 31 heavy (non-hydrogen) atoms. The van der Waals surface area contributed by atoms with Crippen molar-refractivity contribution in [1.82, 2.24) is 15.2 Å². The number of carbonyl (C=O) groups is 2. The van der Waals surface area contributed by atoms with E-state index in [9.17, 15) is 14.7 Å². The lowest BCUT2D eigenvalue weighted by molar-refractivity contribution is -0.141. The summed E-state index contributed by atoms with van der Waals surface area (Å²) in [5.74, 6) is -0.902. The summed E-state index contributed by atoms with van der Waals surface area (Å²) in [6.45, 7) is 0. The number of hydrogen-bond acceptors (Lipinski definition) is 5. The standard InChI is InChI=1S/C21H18Cl2N4O3S/c1-27(21(30)14(28)6-7-24)18-11-5-3-2-4-10(11)8-12(18)26-20(29)13-9-15-17(25-13)16(22)19(23)31-15/h2-5,9,12,14,18,25,28H,6,8H2,1H3,(H,26,29)/t12-,14+,18-/m1/s1. The second-order valence-corrected chi connectivity index (χ2v) is 9.40. The fourth-order valence-corrected chi connectivity index (χ4v) is 5.50. The van der Waals surface area contributed by atoms with Crippen LogP contribution in [0.25, 0.3) is 10.2 Å². The first-order valence-electron chi connectivity index (χ1n) is 9.48. The molecule has 0 fully saturated rings. The van der Waals surface area contributed by atoms with Crippen molar-refractivity contribution in [3.63, 3.8) is 0 Å². The number of H-pyrrole nitrogens is 1. The molecule has 0 radical (unpaired) electrons.